The summed E-state index contributed by atoms with van der Waals surface area (Å²) >= 11 is 7.00. The smallest absolute Gasteiger partial charge is 0.259 e. The summed E-state index contributed by atoms with van der Waals surface area (Å²) in [6.45, 7) is 1.69. The Balaban J connectivity index is 2.71. The van der Waals surface area contributed by atoms with Gasteiger partial charge in [-0.3, -0.25) is 9.20 Å². The Morgan fingerprint density at radius 1 is 1.76 bits per heavy atom. The highest BCUT2D eigenvalue weighted by atomic mass is 35.5. The number of nitriles is 1. The lowest BCUT2D eigenvalue weighted by molar-refractivity contribution is 1.03. The molecule has 0 radical (unpaired) electrons. The highest BCUT2D eigenvalue weighted by Crippen LogP contribution is 2.15. The maximum Gasteiger partial charge on any atom is 0.259 e. The summed E-state index contributed by atoms with van der Waals surface area (Å²) in [5.41, 5.74) is 1.59. The van der Waals surface area contributed by atoms with Gasteiger partial charge in [0.1, 0.15) is 0 Å². The molecule has 0 unspecified atom stereocenters. The van der Waals surface area contributed by atoms with E-state index in [1.165, 1.54) is 21.8 Å². The molecule has 4 nitrogen and oxygen atoms in total. The van der Waals surface area contributed by atoms with Crippen LogP contribution in [0.4, 0.5) is 0 Å². The number of alkyl halides is 1. The van der Waals surface area contributed by atoms with E-state index in [9.17, 15) is 4.79 Å². The van der Waals surface area contributed by atoms with Crippen LogP contribution in [0.3, 0.4) is 0 Å². The van der Waals surface area contributed by atoms with Gasteiger partial charge in [0.2, 0.25) is 0 Å². The zero-order valence-corrected chi connectivity index (χ0v) is 10.5. The van der Waals surface area contributed by atoms with E-state index in [-0.39, 0.29) is 11.4 Å². The highest BCUT2D eigenvalue weighted by Gasteiger charge is 2.07. The molecule has 2 aromatic rings. The lowest BCUT2D eigenvalue weighted by Crippen LogP contribution is -2.14. The second-order valence-corrected chi connectivity index (χ2v) is 4.54. The average molecular weight is 266 g/mol. The van der Waals surface area contributed by atoms with Crippen molar-refractivity contribution in [2.45, 2.75) is 12.8 Å². The summed E-state index contributed by atoms with van der Waals surface area (Å²) in [5, 5.41) is 10.5. The van der Waals surface area contributed by atoms with Crippen molar-refractivity contribution in [3.8, 4) is 6.07 Å². The number of nitrogens with zero attached hydrogens (tertiary/aromatic N) is 3. The second-order valence-electron chi connectivity index (χ2n) is 3.44. The van der Waals surface area contributed by atoms with Crippen LogP contribution in [-0.2, 0) is 5.88 Å². The van der Waals surface area contributed by atoms with E-state index in [4.69, 9.17) is 16.9 Å². The van der Waals surface area contributed by atoms with Gasteiger partial charge in [-0.2, -0.15) is 5.26 Å². The van der Waals surface area contributed by atoms with Gasteiger partial charge in [0.15, 0.2) is 4.96 Å². The SMILES string of the molecule is C/C(C#N)=C\c1csc2nc(CCl)cc(=O)n12. The predicted octanol–water partition coefficient (Wildman–Crippen LogP) is 2.42. The van der Waals surface area contributed by atoms with Crippen molar-refractivity contribution in [2.75, 3.05) is 0 Å². The van der Waals surface area contributed by atoms with E-state index in [1.807, 2.05) is 6.07 Å². The summed E-state index contributed by atoms with van der Waals surface area (Å²) in [5.74, 6) is 0.214. The Labute approximate surface area is 106 Å². The molecule has 0 atom stereocenters. The van der Waals surface area contributed by atoms with Crippen molar-refractivity contribution in [1.29, 1.82) is 5.26 Å². The molecule has 0 aliphatic carbocycles. The first kappa shape index (κ1) is 11.8. The standard InChI is InChI=1S/C11H8ClN3OS/c1-7(5-13)2-9-6-17-11-14-8(4-12)3-10(16)15(9)11/h2-3,6H,4H2,1H3/b7-2+. The maximum atomic E-state index is 11.9. The Hall–Kier alpha value is -1.64. The number of aromatic nitrogens is 2. The minimum Gasteiger partial charge on any atom is -0.269 e. The topological polar surface area (TPSA) is 58.2 Å². The van der Waals surface area contributed by atoms with E-state index in [2.05, 4.69) is 4.98 Å². The third kappa shape index (κ3) is 2.23. The van der Waals surface area contributed by atoms with Gasteiger partial charge in [0.05, 0.1) is 23.3 Å². The zero-order valence-electron chi connectivity index (χ0n) is 8.98. The fourth-order valence-electron chi connectivity index (χ4n) is 1.41. The quantitative estimate of drug-likeness (QED) is 0.619. The molecule has 0 bridgehead atoms. The van der Waals surface area contributed by atoms with Crippen LogP contribution >= 0.6 is 22.9 Å². The number of fused-ring (bicyclic) bond motifs is 1. The fraction of sp³-hybridized carbons (Fsp3) is 0.182. The van der Waals surface area contributed by atoms with Crippen molar-refractivity contribution in [3.05, 3.63) is 38.8 Å². The number of rotatable bonds is 2. The number of hydrogen-bond acceptors (Lipinski definition) is 4. The lowest BCUT2D eigenvalue weighted by atomic mass is 10.3. The molecule has 17 heavy (non-hydrogen) atoms. The van der Waals surface area contributed by atoms with Gasteiger partial charge in [-0.1, -0.05) is 0 Å². The Bertz CT molecular complexity index is 693. The van der Waals surface area contributed by atoms with Crippen LogP contribution in [0, 0.1) is 11.3 Å². The second kappa shape index (κ2) is 4.70. The van der Waals surface area contributed by atoms with Gasteiger partial charge in [-0.15, -0.1) is 22.9 Å². The van der Waals surface area contributed by atoms with E-state index in [0.29, 0.717) is 21.9 Å². The molecule has 86 valence electrons. The zero-order chi connectivity index (χ0) is 12.4. The summed E-state index contributed by atoms with van der Waals surface area (Å²) in [6, 6.07) is 3.43. The molecule has 0 saturated heterocycles. The predicted molar refractivity (Wildman–Crippen MR) is 68.2 cm³/mol. The van der Waals surface area contributed by atoms with Gasteiger partial charge < -0.3 is 0 Å². The van der Waals surface area contributed by atoms with Crippen molar-refractivity contribution in [1.82, 2.24) is 9.38 Å². The van der Waals surface area contributed by atoms with Crippen molar-refractivity contribution in [3.63, 3.8) is 0 Å². The van der Waals surface area contributed by atoms with Crippen LogP contribution in [0.5, 0.6) is 0 Å². The third-order valence-electron chi connectivity index (χ3n) is 2.16. The molecular weight excluding hydrogens is 258 g/mol. The number of allylic oxidation sites excluding steroid dienone is 1. The Morgan fingerprint density at radius 2 is 2.53 bits per heavy atom. The molecule has 0 amide bonds. The molecule has 6 heteroatoms. The molecule has 2 aromatic heterocycles. The monoisotopic (exact) mass is 265 g/mol. The molecule has 0 aliphatic rings. The first-order valence-electron chi connectivity index (χ1n) is 4.80. The van der Waals surface area contributed by atoms with Crippen LogP contribution < -0.4 is 5.56 Å². The van der Waals surface area contributed by atoms with E-state index in [1.54, 1.807) is 18.4 Å². The minimum absolute atomic E-state index is 0.177. The minimum atomic E-state index is -0.177. The maximum absolute atomic E-state index is 11.9. The molecular formula is C11H8ClN3OS. The van der Waals surface area contributed by atoms with Crippen LogP contribution in [0.2, 0.25) is 0 Å². The lowest BCUT2D eigenvalue weighted by Gasteiger charge is -1.97. The molecule has 2 heterocycles. The van der Waals surface area contributed by atoms with Gasteiger partial charge in [-0.25, -0.2) is 4.98 Å². The molecule has 0 N–H and O–H groups in total. The molecule has 0 spiro atoms. The number of halogens is 1. The molecule has 0 fully saturated rings. The summed E-state index contributed by atoms with van der Waals surface area (Å²) in [6.07, 6.45) is 1.66. The highest BCUT2D eigenvalue weighted by molar-refractivity contribution is 7.15. The first-order chi connectivity index (χ1) is 8.15. The number of hydrogen-bond donors (Lipinski definition) is 0. The van der Waals surface area contributed by atoms with E-state index in [0.717, 1.165) is 0 Å². The van der Waals surface area contributed by atoms with Gasteiger partial charge in [0.25, 0.3) is 5.56 Å². The third-order valence-corrected chi connectivity index (χ3v) is 3.28. The fourth-order valence-corrected chi connectivity index (χ4v) is 2.42. The number of thiazole rings is 1. The van der Waals surface area contributed by atoms with Crippen LogP contribution in [0.25, 0.3) is 11.0 Å². The normalized spacial score (nSPS) is 11.7. The molecule has 0 saturated carbocycles. The molecule has 2 rings (SSSR count). The summed E-state index contributed by atoms with van der Waals surface area (Å²) in [4.78, 5) is 16.7. The first-order valence-corrected chi connectivity index (χ1v) is 6.21. The largest absolute Gasteiger partial charge is 0.269 e. The van der Waals surface area contributed by atoms with Crippen molar-refractivity contribution in [2.24, 2.45) is 0 Å². The van der Waals surface area contributed by atoms with Crippen LogP contribution in [-0.4, -0.2) is 9.38 Å². The van der Waals surface area contributed by atoms with E-state index >= 15 is 0 Å². The van der Waals surface area contributed by atoms with Gasteiger partial charge in [-0.05, 0) is 13.0 Å². The Morgan fingerprint density at radius 3 is 3.18 bits per heavy atom. The molecule has 0 aliphatic heterocycles. The summed E-state index contributed by atoms with van der Waals surface area (Å²) in [7, 11) is 0. The Kier molecular flexibility index (Phi) is 3.27. The van der Waals surface area contributed by atoms with Crippen LogP contribution in [0.1, 0.15) is 18.3 Å². The van der Waals surface area contributed by atoms with Gasteiger partial charge >= 0.3 is 0 Å². The van der Waals surface area contributed by atoms with Gasteiger partial charge in [0, 0.05) is 17.0 Å². The van der Waals surface area contributed by atoms with Crippen LogP contribution in [0.15, 0.2) is 21.8 Å². The summed E-state index contributed by atoms with van der Waals surface area (Å²) < 4.78 is 1.47. The van der Waals surface area contributed by atoms with Crippen molar-refractivity contribution < 1.29 is 0 Å². The average Bonchev–Trinajstić information content (AvgIpc) is 2.72. The van der Waals surface area contributed by atoms with Crippen molar-refractivity contribution >= 4 is 34.0 Å². The molecule has 0 aromatic carbocycles. The van der Waals surface area contributed by atoms with E-state index < -0.39 is 0 Å².